The Labute approximate surface area is 176 Å². The SMILES string of the molecule is N#Cc1ccc2c(c1)CCCC2Nc1ccc(C=N)c(Nc2cnn(C3CC3)c2)c1. The molecule has 3 N–H and O–H groups in total. The third-order valence-corrected chi connectivity index (χ3v) is 5.94. The number of anilines is 3. The highest BCUT2D eigenvalue weighted by Crippen LogP contribution is 2.36. The van der Waals surface area contributed by atoms with Crippen LogP contribution in [0, 0.1) is 16.7 Å². The first kappa shape index (κ1) is 18.4. The Kier molecular flexibility index (Phi) is 4.72. The summed E-state index contributed by atoms with van der Waals surface area (Å²) in [5.41, 5.74) is 6.94. The van der Waals surface area contributed by atoms with Gasteiger partial charge in [-0.25, -0.2) is 0 Å². The number of hydrogen-bond acceptors (Lipinski definition) is 5. The van der Waals surface area contributed by atoms with Crippen molar-refractivity contribution in [1.82, 2.24) is 9.78 Å². The van der Waals surface area contributed by atoms with E-state index < -0.39 is 0 Å². The first-order chi connectivity index (χ1) is 14.7. The van der Waals surface area contributed by atoms with Gasteiger partial charge in [0.05, 0.1) is 35.6 Å². The zero-order valence-corrected chi connectivity index (χ0v) is 16.7. The Bertz CT molecular complexity index is 1130. The van der Waals surface area contributed by atoms with Gasteiger partial charge in [-0.05, 0) is 73.6 Å². The third-order valence-electron chi connectivity index (χ3n) is 5.94. The van der Waals surface area contributed by atoms with Crippen LogP contribution >= 0.6 is 0 Å². The van der Waals surface area contributed by atoms with Crippen LogP contribution < -0.4 is 10.6 Å². The number of hydrogen-bond donors (Lipinski definition) is 3. The van der Waals surface area contributed by atoms with Crippen molar-refractivity contribution in [2.24, 2.45) is 0 Å². The van der Waals surface area contributed by atoms with E-state index in [1.54, 1.807) is 0 Å². The van der Waals surface area contributed by atoms with Gasteiger partial charge in [-0.2, -0.15) is 10.4 Å². The summed E-state index contributed by atoms with van der Waals surface area (Å²) in [5, 5.41) is 28.5. The first-order valence-corrected chi connectivity index (χ1v) is 10.5. The molecule has 0 radical (unpaired) electrons. The van der Waals surface area contributed by atoms with E-state index in [2.05, 4.69) is 33.9 Å². The lowest BCUT2D eigenvalue weighted by Gasteiger charge is -2.27. The quantitative estimate of drug-likeness (QED) is 0.492. The van der Waals surface area contributed by atoms with Crippen molar-refractivity contribution in [1.29, 1.82) is 10.7 Å². The highest BCUT2D eigenvalue weighted by atomic mass is 15.3. The second-order valence-electron chi connectivity index (χ2n) is 8.13. The molecule has 0 amide bonds. The van der Waals surface area contributed by atoms with Gasteiger partial charge in [0.25, 0.3) is 0 Å². The molecule has 1 fully saturated rings. The molecular weight excluding hydrogens is 372 g/mol. The molecular formula is C24H24N6. The van der Waals surface area contributed by atoms with E-state index in [1.165, 1.54) is 30.2 Å². The molecule has 150 valence electrons. The summed E-state index contributed by atoms with van der Waals surface area (Å²) in [6.45, 7) is 0. The molecule has 0 aliphatic heterocycles. The van der Waals surface area contributed by atoms with Crippen molar-refractivity contribution in [3.63, 3.8) is 0 Å². The highest BCUT2D eigenvalue weighted by Gasteiger charge is 2.24. The third kappa shape index (κ3) is 3.67. The number of nitrogens with zero attached hydrogens (tertiary/aromatic N) is 3. The van der Waals surface area contributed by atoms with E-state index in [0.717, 1.165) is 47.5 Å². The summed E-state index contributed by atoms with van der Waals surface area (Å²) in [6.07, 6.45) is 10.8. The van der Waals surface area contributed by atoms with Crippen molar-refractivity contribution in [3.05, 3.63) is 71.0 Å². The van der Waals surface area contributed by atoms with Gasteiger partial charge in [0.15, 0.2) is 0 Å². The molecule has 0 spiro atoms. The minimum Gasteiger partial charge on any atom is -0.378 e. The van der Waals surface area contributed by atoms with Gasteiger partial charge >= 0.3 is 0 Å². The van der Waals surface area contributed by atoms with E-state index in [4.69, 9.17) is 5.41 Å². The van der Waals surface area contributed by atoms with E-state index in [9.17, 15) is 5.26 Å². The average molecular weight is 396 g/mol. The lowest BCUT2D eigenvalue weighted by molar-refractivity contribution is 0.600. The monoisotopic (exact) mass is 396 g/mol. The number of aromatic nitrogens is 2. The minimum absolute atomic E-state index is 0.220. The van der Waals surface area contributed by atoms with Crippen molar-refractivity contribution in [3.8, 4) is 6.07 Å². The van der Waals surface area contributed by atoms with Crippen LogP contribution in [0.15, 0.2) is 48.8 Å². The van der Waals surface area contributed by atoms with Gasteiger partial charge in [0, 0.05) is 29.3 Å². The predicted octanol–water partition coefficient (Wildman–Crippen LogP) is 5.32. The van der Waals surface area contributed by atoms with Gasteiger partial charge < -0.3 is 16.0 Å². The van der Waals surface area contributed by atoms with Crippen LogP contribution in [-0.2, 0) is 6.42 Å². The molecule has 1 atom stereocenters. The van der Waals surface area contributed by atoms with Gasteiger partial charge in [0.2, 0.25) is 0 Å². The maximum Gasteiger partial charge on any atom is 0.0991 e. The summed E-state index contributed by atoms with van der Waals surface area (Å²) >= 11 is 0. The number of nitriles is 1. The molecule has 2 aliphatic rings. The number of benzene rings is 2. The molecule has 0 saturated heterocycles. The Morgan fingerprint density at radius 3 is 2.83 bits per heavy atom. The Morgan fingerprint density at radius 2 is 2.03 bits per heavy atom. The number of rotatable bonds is 6. The van der Waals surface area contributed by atoms with Crippen molar-refractivity contribution >= 4 is 23.3 Å². The first-order valence-electron chi connectivity index (χ1n) is 10.5. The fraction of sp³-hybridized carbons (Fsp3) is 0.292. The van der Waals surface area contributed by atoms with E-state index >= 15 is 0 Å². The van der Waals surface area contributed by atoms with Gasteiger partial charge in [-0.1, -0.05) is 6.07 Å². The van der Waals surface area contributed by atoms with Crippen molar-refractivity contribution in [2.75, 3.05) is 10.6 Å². The molecule has 1 aromatic heterocycles. The van der Waals surface area contributed by atoms with E-state index in [0.29, 0.717) is 6.04 Å². The van der Waals surface area contributed by atoms with Gasteiger partial charge in [-0.15, -0.1) is 0 Å². The molecule has 30 heavy (non-hydrogen) atoms. The van der Waals surface area contributed by atoms with Crippen LogP contribution in [0.1, 0.15) is 60.0 Å². The van der Waals surface area contributed by atoms with Crippen LogP contribution in [0.4, 0.5) is 17.1 Å². The molecule has 0 bridgehead atoms. The Hall–Kier alpha value is -3.59. The fourth-order valence-electron chi connectivity index (χ4n) is 4.21. The van der Waals surface area contributed by atoms with E-state index in [1.807, 2.05) is 41.3 Å². The number of fused-ring (bicyclic) bond motifs is 1. The molecule has 2 aromatic carbocycles. The average Bonchev–Trinajstić information content (AvgIpc) is 3.53. The topological polar surface area (TPSA) is 89.5 Å². The van der Waals surface area contributed by atoms with Crippen LogP contribution in [0.5, 0.6) is 0 Å². The number of nitrogens with one attached hydrogen (secondary N) is 3. The summed E-state index contributed by atoms with van der Waals surface area (Å²) in [7, 11) is 0. The van der Waals surface area contributed by atoms with Crippen LogP contribution in [-0.4, -0.2) is 16.0 Å². The molecule has 3 aromatic rings. The zero-order chi connectivity index (χ0) is 20.5. The van der Waals surface area contributed by atoms with Crippen LogP contribution in [0.2, 0.25) is 0 Å². The van der Waals surface area contributed by atoms with Crippen molar-refractivity contribution < 1.29 is 0 Å². The largest absolute Gasteiger partial charge is 0.378 e. The lowest BCUT2D eigenvalue weighted by atomic mass is 9.86. The van der Waals surface area contributed by atoms with Crippen molar-refractivity contribution in [2.45, 2.75) is 44.2 Å². The predicted molar refractivity (Wildman–Crippen MR) is 119 cm³/mol. The second kappa shape index (κ2) is 7.68. The minimum atomic E-state index is 0.220. The van der Waals surface area contributed by atoms with Crippen LogP contribution in [0.3, 0.4) is 0 Å². The van der Waals surface area contributed by atoms with E-state index in [-0.39, 0.29) is 6.04 Å². The number of aryl methyl sites for hydroxylation is 1. The Morgan fingerprint density at radius 1 is 1.13 bits per heavy atom. The molecule has 6 heteroatoms. The normalized spacial score (nSPS) is 17.6. The second-order valence-corrected chi connectivity index (χ2v) is 8.13. The summed E-state index contributed by atoms with van der Waals surface area (Å²) in [6, 6.07) is 15.1. The molecule has 2 aliphatic carbocycles. The Balaban J connectivity index is 1.38. The summed E-state index contributed by atoms with van der Waals surface area (Å²) in [5.74, 6) is 0. The zero-order valence-electron chi connectivity index (χ0n) is 16.7. The maximum atomic E-state index is 9.18. The molecule has 1 heterocycles. The summed E-state index contributed by atoms with van der Waals surface area (Å²) in [4.78, 5) is 0. The van der Waals surface area contributed by atoms with Crippen LogP contribution in [0.25, 0.3) is 0 Å². The van der Waals surface area contributed by atoms with Gasteiger partial charge in [-0.3, -0.25) is 4.68 Å². The standard InChI is InChI=1S/C24H24N6/c25-12-16-4-9-22-17(10-16)2-1-3-23(22)28-19-6-5-18(13-26)24(11-19)29-20-14-27-30(15-20)21-7-8-21/h4-6,9-11,13-15,21,23,26,28-29H,1-3,7-8H2. The molecule has 5 rings (SSSR count). The lowest BCUT2D eigenvalue weighted by Crippen LogP contribution is -2.17. The van der Waals surface area contributed by atoms with Gasteiger partial charge in [0.1, 0.15) is 0 Å². The maximum absolute atomic E-state index is 9.18. The highest BCUT2D eigenvalue weighted by molar-refractivity contribution is 5.88. The summed E-state index contributed by atoms with van der Waals surface area (Å²) < 4.78 is 2.02. The molecule has 1 saturated carbocycles. The molecule has 6 nitrogen and oxygen atoms in total. The fourth-order valence-corrected chi connectivity index (χ4v) is 4.21. The smallest absolute Gasteiger partial charge is 0.0991 e. The molecule has 1 unspecified atom stereocenters.